The number of nitrogens with one attached hydrogen (secondary N) is 2. The van der Waals surface area contributed by atoms with Gasteiger partial charge in [-0.2, -0.15) is 0 Å². The van der Waals surface area contributed by atoms with Crippen molar-refractivity contribution >= 4 is 34.4 Å². The fourth-order valence-electron chi connectivity index (χ4n) is 2.75. The number of carbonyl (C=O) groups is 3. The Hall–Kier alpha value is -3.94. The average molecular weight is 408 g/mol. The van der Waals surface area contributed by atoms with E-state index < -0.39 is 30.0 Å². The van der Waals surface area contributed by atoms with Gasteiger partial charge in [-0.05, 0) is 36.8 Å². The Morgan fingerprint density at radius 2 is 1.70 bits per heavy atom. The van der Waals surface area contributed by atoms with Crippen LogP contribution >= 0.6 is 0 Å². The largest absolute Gasteiger partial charge is 0.462 e. The highest BCUT2D eigenvalue weighted by molar-refractivity contribution is 6.04. The maximum atomic E-state index is 12.4. The van der Waals surface area contributed by atoms with E-state index >= 15 is 0 Å². The molecule has 3 aromatic rings. The zero-order chi connectivity index (χ0) is 21.5. The summed E-state index contributed by atoms with van der Waals surface area (Å²) >= 11 is 0. The molecule has 0 saturated heterocycles. The minimum absolute atomic E-state index is 0.0806. The summed E-state index contributed by atoms with van der Waals surface area (Å²) in [6.07, 6.45) is 0.728. The van der Waals surface area contributed by atoms with Crippen LogP contribution < -0.4 is 10.9 Å². The number of aromatic nitrogens is 1. The molecular formula is C22H20N2O6. The van der Waals surface area contributed by atoms with E-state index in [0.717, 1.165) is 12.5 Å². The fraction of sp³-hybridized carbons (Fsp3) is 0.182. The summed E-state index contributed by atoms with van der Waals surface area (Å²) in [5, 5.41) is 3.09. The molecule has 1 heterocycles. The van der Waals surface area contributed by atoms with Gasteiger partial charge in [-0.1, -0.05) is 25.1 Å². The summed E-state index contributed by atoms with van der Waals surface area (Å²) in [5.41, 5.74) is 0.942. The summed E-state index contributed by atoms with van der Waals surface area (Å²) < 4.78 is 10.1. The molecule has 0 atom stereocenters. The summed E-state index contributed by atoms with van der Waals surface area (Å²) in [5.74, 6) is -1.77. The normalized spacial score (nSPS) is 10.4. The quantitative estimate of drug-likeness (QED) is 0.581. The number of amides is 1. The van der Waals surface area contributed by atoms with Crippen molar-refractivity contribution in [2.75, 3.05) is 18.5 Å². The number of anilines is 1. The van der Waals surface area contributed by atoms with Crippen molar-refractivity contribution in [3.8, 4) is 0 Å². The third-order valence-electron chi connectivity index (χ3n) is 4.15. The van der Waals surface area contributed by atoms with Crippen LogP contribution in [0.5, 0.6) is 0 Å². The van der Waals surface area contributed by atoms with Gasteiger partial charge >= 0.3 is 11.9 Å². The van der Waals surface area contributed by atoms with E-state index in [2.05, 4.69) is 10.3 Å². The summed E-state index contributed by atoms with van der Waals surface area (Å²) in [7, 11) is 0. The molecule has 0 spiro atoms. The molecule has 1 aromatic heterocycles. The van der Waals surface area contributed by atoms with E-state index in [4.69, 9.17) is 9.47 Å². The van der Waals surface area contributed by atoms with E-state index in [1.807, 2.05) is 6.92 Å². The molecule has 2 aromatic carbocycles. The Morgan fingerprint density at radius 3 is 2.43 bits per heavy atom. The number of aromatic amines is 1. The number of hydrogen-bond donors (Lipinski definition) is 2. The van der Waals surface area contributed by atoms with Crippen molar-refractivity contribution < 1.29 is 23.9 Å². The number of hydrogen-bond acceptors (Lipinski definition) is 6. The van der Waals surface area contributed by atoms with E-state index in [9.17, 15) is 19.2 Å². The Labute approximate surface area is 171 Å². The van der Waals surface area contributed by atoms with Crippen LogP contribution in [-0.4, -0.2) is 36.0 Å². The predicted molar refractivity (Wildman–Crippen MR) is 110 cm³/mol. The lowest BCUT2D eigenvalue weighted by atomic mass is 10.1. The maximum Gasteiger partial charge on any atom is 0.339 e. The third-order valence-corrected chi connectivity index (χ3v) is 4.15. The molecule has 1 amide bonds. The molecule has 30 heavy (non-hydrogen) atoms. The second-order valence-electron chi connectivity index (χ2n) is 6.43. The van der Waals surface area contributed by atoms with E-state index in [1.165, 1.54) is 12.1 Å². The van der Waals surface area contributed by atoms with Gasteiger partial charge in [0.25, 0.3) is 5.91 Å². The Bertz CT molecular complexity index is 1130. The maximum absolute atomic E-state index is 12.4. The number of rotatable bonds is 7. The number of ether oxygens (including phenoxy) is 2. The molecule has 8 nitrogen and oxygen atoms in total. The number of carbonyl (C=O) groups excluding carboxylic acids is 3. The van der Waals surface area contributed by atoms with E-state index in [0.29, 0.717) is 28.8 Å². The van der Waals surface area contributed by atoms with E-state index in [-0.39, 0.29) is 5.56 Å². The van der Waals surface area contributed by atoms with Crippen LogP contribution in [0, 0.1) is 0 Å². The number of H-pyrrole nitrogens is 1. The van der Waals surface area contributed by atoms with Crippen LogP contribution in [0.4, 0.5) is 5.69 Å². The van der Waals surface area contributed by atoms with Gasteiger partial charge in [0.2, 0.25) is 5.56 Å². The van der Waals surface area contributed by atoms with Gasteiger partial charge in [-0.3, -0.25) is 9.59 Å². The highest BCUT2D eigenvalue weighted by Gasteiger charge is 2.15. The van der Waals surface area contributed by atoms with Gasteiger partial charge in [0.15, 0.2) is 6.61 Å². The molecule has 8 heteroatoms. The van der Waals surface area contributed by atoms with Crippen LogP contribution in [0.25, 0.3) is 10.9 Å². The van der Waals surface area contributed by atoms with Gasteiger partial charge in [0.1, 0.15) is 0 Å². The molecule has 0 saturated carbocycles. The highest BCUT2D eigenvalue weighted by atomic mass is 16.5. The van der Waals surface area contributed by atoms with Crippen LogP contribution in [0.3, 0.4) is 0 Å². The van der Waals surface area contributed by atoms with Crippen molar-refractivity contribution in [2.24, 2.45) is 0 Å². The number of benzene rings is 2. The first-order valence-corrected chi connectivity index (χ1v) is 9.34. The molecule has 0 fully saturated rings. The average Bonchev–Trinajstić information content (AvgIpc) is 2.75. The number of pyridine rings is 1. The van der Waals surface area contributed by atoms with Crippen molar-refractivity contribution in [3.05, 3.63) is 76.1 Å². The SMILES string of the molecule is CCCOC(=O)c1ccc(NC(=O)COC(=O)c2cc(=O)[nH]c3ccccc23)cc1. The monoisotopic (exact) mass is 408 g/mol. The lowest BCUT2D eigenvalue weighted by molar-refractivity contribution is -0.119. The second kappa shape index (κ2) is 9.51. The molecule has 0 aliphatic heterocycles. The molecule has 2 N–H and O–H groups in total. The third kappa shape index (κ3) is 5.11. The van der Waals surface area contributed by atoms with Gasteiger partial charge in [-0.25, -0.2) is 9.59 Å². The lowest BCUT2D eigenvalue weighted by Crippen LogP contribution is -2.22. The first-order valence-electron chi connectivity index (χ1n) is 9.34. The second-order valence-corrected chi connectivity index (χ2v) is 6.43. The summed E-state index contributed by atoms with van der Waals surface area (Å²) in [6.45, 7) is 1.71. The first kappa shape index (κ1) is 20.8. The lowest BCUT2D eigenvalue weighted by Gasteiger charge is -2.09. The molecule has 0 radical (unpaired) electrons. The van der Waals surface area contributed by atoms with Gasteiger partial charge in [0, 0.05) is 22.7 Å². The molecular weight excluding hydrogens is 388 g/mol. The summed E-state index contributed by atoms with van der Waals surface area (Å²) in [6, 6.07) is 14.1. The molecule has 154 valence electrons. The fourth-order valence-corrected chi connectivity index (χ4v) is 2.75. The minimum Gasteiger partial charge on any atom is -0.462 e. The molecule has 0 bridgehead atoms. The number of esters is 2. The first-order chi connectivity index (χ1) is 14.5. The predicted octanol–water partition coefficient (Wildman–Crippen LogP) is 2.89. The van der Waals surface area contributed by atoms with Crippen LogP contribution in [0.1, 0.15) is 34.1 Å². The standard InChI is InChI=1S/C22H20N2O6/c1-2-11-29-21(27)14-7-9-15(10-8-14)23-20(26)13-30-22(28)17-12-19(25)24-18-6-4-3-5-16(17)18/h3-10,12H,2,11,13H2,1H3,(H,23,26)(H,24,25). The van der Waals surface area contributed by atoms with E-state index in [1.54, 1.807) is 36.4 Å². The van der Waals surface area contributed by atoms with Crippen LogP contribution in [-0.2, 0) is 14.3 Å². The van der Waals surface area contributed by atoms with Crippen molar-refractivity contribution in [3.63, 3.8) is 0 Å². The van der Waals surface area contributed by atoms with Gasteiger partial charge in [-0.15, -0.1) is 0 Å². The Balaban J connectivity index is 1.59. The van der Waals surface area contributed by atoms with Gasteiger partial charge in [0.05, 0.1) is 17.7 Å². The smallest absolute Gasteiger partial charge is 0.339 e. The molecule has 0 unspecified atom stereocenters. The molecule has 0 aliphatic rings. The minimum atomic E-state index is -0.776. The van der Waals surface area contributed by atoms with Crippen LogP contribution in [0.2, 0.25) is 0 Å². The van der Waals surface area contributed by atoms with Crippen LogP contribution in [0.15, 0.2) is 59.4 Å². The topological polar surface area (TPSA) is 115 Å². The van der Waals surface area contributed by atoms with Crippen molar-refractivity contribution in [1.82, 2.24) is 4.98 Å². The number of fused-ring (bicyclic) bond motifs is 1. The highest BCUT2D eigenvalue weighted by Crippen LogP contribution is 2.16. The Kier molecular flexibility index (Phi) is 6.59. The van der Waals surface area contributed by atoms with Gasteiger partial charge < -0.3 is 19.8 Å². The number of para-hydroxylation sites is 1. The van der Waals surface area contributed by atoms with Crippen molar-refractivity contribution in [1.29, 1.82) is 0 Å². The molecule has 3 rings (SSSR count). The summed E-state index contributed by atoms with van der Waals surface area (Å²) in [4.78, 5) is 50.6. The van der Waals surface area contributed by atoms with Crippen molar-refractivity contribution in [2.45, 2.75) is 13.3 Å². The zero-order valence-corrected chi connectivity index (χ0v) is 16.3. The zero-order valence-electron chi connectivity index (χ0n) is 16.3. The molecule has 0 aliphatic carbocycles. The Morgan fingerprint density at radius 1 is 0.967 bits per heavy atom.